The van der Waals surface area contributed by atoms with Gasteiger partial charge in [0.25, 0.3) is 5.91 Å². The van der Waals surface area contributed by atoms with E-state index in [2.05, 4.69) is 10.5 Å². The third-order valence-corrected chi connectivity index (χ3v) is 7.16. The number of nitrogens with one attached hydrogen (secondary N) is 1. The highest BCUT2D eigenvalue weighted by Gasteiger charge is 2.18. The predicted molar refractivity (Wildman–Crippen MR) is 120 cm³/mol. The molecule has 156 valence electrons. The van der Waals surface area contributed by atoms with E-state index in [1.807, 2.05) is 24.3 Å². The number of carbonyl (C=O) groups is 1. The second-order valence-corrected chi connectivity index (χ2v) is 10.0. The molecule has 0 aliphatic carbocycles. The van der Waals surface area contributed by atoms with Gasteiger partial charge in [0.15, 0.2) is 9.84 Å². The predicted octanol–water partition coefficient (Wildman–Crippen LogP) is 4.29. The van der Waals surface area contributed by atoms with Gasteiger partial charge in [-0.25, -0.2) is 13.8 Å². The highest BCUT2D eigenvalue weighted by molar-refractivity contribution is 7.91. The summed E-state index contributed by atoms with van der Waals surface area (Å²) >= 11 is 5.82. The molecule has 0 saturated heterocycles. The molecule has 0 aliphatic heterocycles. The molecule has 0 unspecified atom stereocenters. The van der Waals surface area contributed by atoms with Crippen molar-refractivity contribution in [1.82, 2.24) is 5.43 Å². The Balaban J connectivity index is 1.85. The van der Waals surface area contributed by atoms with Crippen LogP contribution < -0.4 is 5.43 Å². The number of halogens is 1. The summed E-state index contributed by atoms with van der Waals surface area (Å²) in [5, 5.41) is 14.7. The molecular weight excluding hydrogens is 424 g/mol. The number of amides is 1. The number of fused-ring (bicyclic) bond motifs is 1. The number of rotatable bonds is 6. The average Bonchev–Trinajstić information content (AvgIpc) is 2.71. The van der Waals surface area contributed by atoms with Crippen molar-refractivity contribution in [3.63, 3.8) is 0 Å². The third kappa shape index (κ3) is 4.80. The number of hydrogen-bond acceptors (Lipinski definition) is 5. The molecule has 0 atom stereocenters. The second kappa shape index (κ2) is 8.85. The molecule has 0 aliphatic rings. The molecule has 6 nitrogen and oxygen atoms in total. The first-order valence-corrected chi connectivity index (χ1v) is 11.3. The van der Waals surface area contributed by atoms with Crippen molar-refractivity contribution in [2.75, 3.05) is 0 Å². The number of nitrogens with zero attached hydrogens (tertiary/aromatic N) is 1. The molecule has 3 aromatic carbocycles. The number of sulfone groups is 1. The molecule has 0 spiro atoms. The molecule has 8 heteroatoms. The van der Waals surface area contributed by atoms with Crippen molar-refractivity contribution in [2.45, 2.75) is 24.9 Å². The van der Waals surface area contributed by atoms with Crippen molar-refractivity contribution in [1.29, 1.82) is 0 Å². The molecule has 0 bridgehead atoms. The molecule has 0 heterocycles. The van der Waals surface area contributed by atoms with Gasteiger partial charge in [-0.15, -0.1) is 0 Å². The lowest BCUT2D eigenvalue weighted by molar-refractivity contribution is 0.0955. The van der Waals surface area contributed by atoms with Gasteiger partial charge in [-0.3, -0.25) is 4.79 Å². The van der Waals surface area contributed by atoms with Gasteiger partial charge >= 0.3 is 0 Å². The zero-order valence-electron chi connectivity index (χ0n) is 16.5. The summed E-state index contributed by atoms with van der Waals surface area (Å²) in [6, 6.07) is 15.1. The minimum absolute atomic E-state index is 0.0407. The van der Waals surface area contributed by atoms with Crippen molar-refractivity contribution < 1.29 is 18.3 Å². The lowest BCUT2D eigenvalue weighted by atomic mass is 10.0. The first-order chi connectivity index (χ1) is 14.2. The van der Waals surface area contributed by atoms with E-state index in [0.717, 1.165) is 21.9 Å². The lowest BCUT2D eigenvalue weighted by Gasteiger charge is -2.12. The van der Waals surface area contributed by atoms with E-state index in [-0.39, 0.29) is 22.1 Å². The maximum absolute atomic E-state index is 12.4. The summed E-state index contributed by atoms with van der Waals surface area (Å²) < 4.78 is 24.7. The Morgan fingerprint density at radius 2 is 1.83 bits per heavy atom. The van der Waals surface area contributed by atoms with Crippen molar-refractivity contribution in [2.24, 2.45) is 5.10 Å². The van der Waals surface area contributed by atoms with Gasteiger partial charge in [-0.2, -0.15) is 5.10 Å². The molecule has 0 radical (unpaired) electrons. The number of hydrogen-bond donors (Lipinski definition) is 2. The summed E-state index contributed by atoms with van der Waals surface area (Å²) in [5.41, 5.74) is 4.14. The van der Waals surface area contributed by atoms with Crippen LogP contribution in [0.5, 0.6) is 5.75 Å². The van der Waals surface area contributed by atoms with Gasteiger partial charge < -0.3 is 5.11 Å². The molecule has 0 fully saturated rings. The average molecular weight is 445 g/mol. The van der Waals surface area contributed by atoms with E-state index in [1.165, 1.54) is 24.4 Å². The number of benzene rings is 3. The van der Waals surface area contributed by atoms with Crippen LogP contribution in [0.3, 0.4) is 0 Å². The fourth-order valence-corrected chi connectivity index (χ4v) is 4.08. The number of hydrazone groups is 1. The summed E-state index contributed by atoms with van der Waals surface area (Å²) in [4.78, 5) is 12.2. The lowest BCUT2D eigenvalue weighted by Crippen LogP contribution is -2.17. The fraction of sp³-hybridized carbons (Fsp3) is 0.182. The van der Waals surface area contributed by atoms with Crippen LogP contribution in [-0.4, -0.2) is 30.9 Å². The maximum atomic E-state index is 12.4. The van der Waals surface area contributed by atoms with Crippen LogP contribution in [0, 0.1) is 0 Å². The molecule has 0 saturated carbocycles. The Bertz CT molecular complexity index is 1240. The minimum Gasteiger partial charge on any atom is -0.506 e. The van der Waals surface area contributed by atoms with Crippen LogP contribution in [0.2, 0.25) is 5.02 Å². The number of phenols is 1. The Kier molecular flexibility index (Phi) is 6.43. The van der Waals surface area contributed by atoms with E-state index < -0.39 is 21.0 Å². The van der Waals surface area contributed by atoms with Crippen LogP contribution in [0.4, 0.5) is 0 Å². The molecule has 3 rings (SSSR count). The minimum atomic E-state index is -3.24. The first-order valence-electron chi connectivity index (χ1n) is 9.23. The summed E-state index contributed by atoms with van der Waals surface area (Å²) in [6.45, 7) is 3.34. The molecule has 2 N–H and O–H groups in total. The zero-order chi connectivity index (χ0) is 21.9. The monoisotopic (exact) mass is 444 g/mol. The summed E-state index contributed by atoms with van der Waals surface area (Å²) in [6.07, 6.45) is 1.50. The van der Waals surface area contributed by atoms with Crippen LogP contribution in [0.25, 0.3) is 10.8 Å². The van der Waals surface area contributed by atoms with Crippen LogP contribution in [0.1, 0.15) is 35.3 Å². The van der Waals surface area contributed by atoms with Crippen molar-refractivity contribution in [3.05, 3.63) is 76.3 Å². The van der Waals surface area contributed by atoms with E-state index >= 15 is 0 Å². The number of phenolic OH excluding ortho intramolecular Hbond substituents is 1. The fourth-order valence-electron chi connectivity index (χ4n) is 2.88. The normalized spacial score (nSPS) is 12.0. The van der Waals surface area contributed by atoms with Crippen molar-refractivity contribution in [3.8, 4) is 5.75 Å². The Hall–Kier alpha value is -2.90. The number of aromatic hydroxyl groups is 1. The summed E-state index contributed by atoms with van der Waals surface area (Å²) in [5.74, 6) is -0.624. The Morgan fingerprint density at radius 1 is 1.13 bits per heavy atom. The van der Waals surface area contributed by atoms with Crippen LogP contribution in [-0.2, 0) is 15.6 Å². The van der Waals surface area contributed by atoms with Crippen LogP contribution >= 0.6 is 11.6 Å². The molecule has 0 aromatic heterocycles. The standard InChI is InChI=1S/C22H21ClN2O4S/c1-14(2)30(28,29)13-17-8-7-16(18-5-3-4-6-19(17)18)12-24-25-22(27)15-9-10-21(26)20(23)11-15/h3-12,14,26H,13H2,1-2H3,(H,25,27). The smallest absolute Gasteiger partial charge is 0.271 e. The van der Waals surface area contributed by atoms with E-state index in [4.69, 9.17) is 11.6 Å². The topological polar surface area (TPSA) is 95.8 Å². The van der Waals surface area contributed by atoms with Gasteiger partial charge in [-0.05, 0) is 48.4 Å². The van der Waals surface area contributed by atoms with Gasteiger partial charge in [-0.1, -0.05) is 48.0 Å². The highest BCUT2D eigenvalue weighted by atomic mass is 35.5. The quantitative estimate of drug-likeness (QED) is 0.438. The van der Waals surface area contributed by atoms with Gasteiger partial charge in [0.1, 0.15) is 5.75 Å². The van der Waals surface area contributed by atoms with Gasteiger partial charge in [0, 0.05) is 11.1 Å². The molecule has 1 amide bonds. The van der Waals surface area contributed by atoms with E-state index in [9.17, 15) is 18.3 Å². The SMILES string of the molecule is CC(C)S(=O)(=O)Cc1ccc(C=NNC(=O)c2ccc(O)c(Cl)c2)c2ccccc12. The third-order valence-electron chi connectivity index (χ3n) is 4.70. The number of carbonyl (C=O) groups excluding carboxylic acids is 1. The van der Waals surface area contributed by atoms with Crippen LogP contribution in [0.15, 0.2) is 59.7 Å². The molecule has 30 heavy (non-hydrogen) atoms. The van der Waals surface area contributed by atoms with E-state index in [1.54, 1.807) is 26.0 Å². The Morgan fingerprint density at radius 3 is 2.50 bits per heavy atom. The van der Waals surface area contributed by atoms with E-state index in [0.29, 0.717) is 0 Å². The molecule has 3 aromatic rings. The zero-order valence-corrected chi connectivity index (χ0v) is 18.0. The van der Waals surface area contributed by atoms with Crippen molar-refractivity contribution >= 4 is 44.3 Å². The maximum Gasteiger partial charge on any atom is 0.271 e. The van der Waals surface area contributed by atoms with Gasteiger partial charge in [0.05, 0.1) is 22.2 Å². The largest absolute Gasteiger partial charge is 0.506 e. The second-order valence-electron chi connectivity index (χ2n) is 7.08. The first kappa shape index (κ1) is 21.8. The van der Waals surface area contributed by atoms with Gasteiger partial charge in [0.2, 0.25) is 0 Å². The molecular formula is C22H21ClN2O4S. The Labute approximate surface area is 180 Å². The summed E-state index contributed by atoms with van der Waals surface area (Å²) in [7, 11) is -3.24. The highest BCUT2D eigenvalue weighted by Crippen LogP contribution is 2.25.